The molecule has 0 spiro atoms. The topological polar surface area (TPSA) is 63.7 Å². The average Bonchev–Trinajstić information content (AvgIpc) is 3.25. The molecule has 0 fully saturated rings. The molecule has 2 heterocycles. The summed E-state index contributed by atoms with van der Waals surface area (Å²) in [7, 11) is 1.65. The van der Waals surface area contributed by atoms with Crippen LogP contribution in [0, 0.1) is 0 Å². The van der Waals surface area contributed by atoms with Crippen molar-refractivity contribution in [3.8, 4) is 34.3 Å². The molecule has 1 aliphatic heterocycles. The first-order valence-corrected chi connectivity index (χ1v) is 7.95. The van der Waals surface area contributed by atoms with Gasteiger partial charge in [0, 0.05) is 17.0 Å². The number of aromatic hydroxyl groups is 1. The maximum atomic E-state index is 10.2. The lowest BCUT2D eigenvalue weighted by Crippen LogP contribution is -1.92. The van der Waals surface area contributed by atoms with Crippen LogP contribution in [0.5, 0.6) is 23.1 Å². The molecule has 0 unspecified atom stereocenters. The zero-order valence-corrected chi connectivity index (χ0v) is 13.5. The Hall–Kier alpha value is -3.34. The minimum absolute atomic E-state index is 0.162. The van der Waals surface area contributed by atoms with Gasteiger partial charge in [0.05, 0.1) is 7.11 Å². The van der Waals surface area contributed by atoms with Crippen molar-refractivity contribution in [1.29, 1.82) is 0 Å². The van der Waals surface area contributed by atoms with Crippen LogP contribution in [0.25, 0.3) is 32.7 Å². The second-order valence-electron chi connectivity index (χ2n) is 6.01. The van der Waals surface area contributed by atoms with Crippen molar-refractivity contribution in [3.63, 3.8) is 0 Å². The summed E-state index contributed by atoms with van der Waals surface area (Å²) >= 11 is 0. The van der Waals surface area contributed by atoms with E-state index in [1.54, 1.807) is 7.11 Å². The number of ether oxygens (including phenoxy) is 3. The van der Waals surface area contributed by atoms with Crippen molar-refractivity contribution in [2.75, 3.05) is 13.9 Å². The van der Waals surface area contributed by atoms with Gasteiger partial charge in [-0.1, -0.05) is 12.1 Å². The van der Waals surface area contributed by atoms with Crippen LogP contribution in [0.3, 0.4) is 0 Å². The molecule has 5 rings (SSSR count). The Labute approximate surface area is 143 Å². The smallest absolute Gasteiger partial charge is 0.231 e. The average molecular weight is 333 g/mol. The van der Waals surface area contributed by atoms with Crippen LogP contribution in [-0.4, -0.2) is 24.0 Å². The number of hydrogen-bond donors (Lipinski definition) is 2. The molecule has 3 aromatic carbocycles. The number of benzene rings is 3. The Balaban J connectivity index is 1.89. The van der Waals surface area contributed by atoms with Crippen LogP contribution >= 0.6 is 0 Å². The molecule has 1 aliphatic rings. The van der Waals surface area contributed by atoms with Gasteiger partial charge in [-0.05, 0) is 52.2 Å². The predicted octanol–water partition coefficient (Wildman–Crippen LogP) is 4.43. The SMILES string of the molecule is COc1ccc2cc3c(O)[nH]cc3c(-c3ccc4c(c3)OCO4)c2c1. The fraction of sp³-hybridized carbons (Fsp3) is 0.100. The summed E-state index contributed by atoms with van der Waals surface area (Å²) in [6.07, 6.45) is 1.82. The third kappa shape index (κ3) is 2.02. The largest absolute Gasteiger partial charge is 0.497 e. The molecule has 5 heteroatoms. The maximum Gasteiger partial charge on any atom is 0.231 e. The summed E-state index contributed by atoms with van der Waals surface area (Å²) in [5.74, 6) is 2.42. The molecule has 0 saturated carbocycles. The minimum Gasteiger partial charge on any atom is -0.497 e. The quantitative estimate of drug-likeness (QED) is 0.569. The third-order valence-corrected chi connectivity index (χ3v) is 4.66. The number of methoxy groups -OCH3 is 1. The Kier molecular flexibility index (Phi) is 2.85. The van der Waals surface area contributed by atoms with E-state index < -0.39 is 0 Å². The lowest BCUT2D eigenvalue weighted by atomic mass is 9.93. The van der Waals surface area contributed by atoms with Crippen molar-refractivity contribution >= 4 is 21.5 Å². The van der Waals surface area contributed by atoms with Crippen molar-refractivity contribution in [2.24, 2.45) is 0 Å². The van der Waals surface area contributed by atoms with E-state index in [1.807, 2.05) is 48.7 Å². The normalized spacial score (nSPS) is 12.8. The van der Waals surface area contributed by atoms with E-state index in [1.165, 1.54) is 0 Å². The number of nitrogens with one attached hydrogen (secondary N) is 1. The molecule has 124 valence electrons. The number of aromatic nitrogens is 1. The number of fused-ring (bicyclic) bond motifs is 3. The van der Waals surface area contributed by atoms with E-state index in [9.17, 15) is 5.11 Å². The number of rotatable bonds is 2. The fourth-order valence-corrected chi connectivity index (χ4v) is 3.44. The Morgan fingerprint density at radius 1 is 0.960 bits per heavy atom. The molecule has 1 aromatic heterocycles. The Morgan fingerprint density at radius 2 is 1.84 bits per heavy atom. The molecule has 0 amide bonds. The maximum absolute atomic E-state index is 10.2. The van der Waals surface area contributed by atoms with Gasteiger partial charge in [0.15, 0.2) is 17.4 Å². The lowest BCUT2D eigenvalue weighted by molar-refractivity contribution is 0.174. The molecule has 2 N–H and O–H groups in total. The van der Waals surface area contributed by atoms with Gasteiger partial charge in [-0.3, -0.25) is 0 Å². The number of H-pyrrole nitrogens is 1. The highest BCUT2D eigenvalue weighted by Gasteiger charge is 2.18. The van der Waals surface area contributed by atoms with Gasteiger partial charge in [-0.15, -0.1) is 0 Å². The van der Waals surface area contributed by atoms with Crippen molar-refractivity contribution < 1.29 is 19.3 Å². The zero-order valence-electron chi connectivity index (χ0n) is 13.5. The van der Waals surface area contributed by atoms with Crippen LogP contribution in [0.1, 0.15) is 0 Å². The van der Waals surface area contributed by atoms with E-state index in [4.69, 9.17) is 14.2 Å². The second kappa shape index (κ2) is 5.08. The van der Waals surface area contributed by atoms with E-state index in [2.05, 4.69) is 4.98 Å². The summed E-state index contributed by atoms with van der Waals surface area (Å²) in [5, 5.41) is 14.0. The first-order chi connectivity index (χ1) is 12.2. The lowest BCUT2D eigenvalue weighted by Gasteiger charge is -2.11. The standard InChI is InChI=1S/C20H15NO4/c1-23-13-4-2-11-6-15-16(9-21-20(15)22)19(14(11)8-13)12-3-5-17-18(7-12)25-10-24-17/h2-9,21-22H,10H2,1H3. The molecule has 0 aliphatic carbocycles. The van der Waals surface area contributed by atoms with Crippen LogP contribution < -0.4 is 14.2 Å². The molecule has 0 bridgehead atoms. The summed E-state index contributed by atoms with van der Waals surface area (Å²) < 4.78 is 16.3. The highest BCUT2D eigenvalue weighted by atomic mass is 16.7. The van der Waals surface area contributed by atoms with Crippen molar-refractivity contribution in [1.82, 2.24) is 4.98 Å². The van der Waals surface area contributed by atoms with E-state index in [0.717, 1.165) is 49.9 Å². The summed E-state index contributed by atoms with van der Waals surface area (Å²) in [6.45, 7) is 0.239. The van der Waals surface area contributed by atoms with Gasteiger partial charge in [0.2, 0.25) is 6.79 Å². The highest BCUT2D eigenvalue weighted by molar-refractivity contribution is 6.14. The molecule has 0 saturated heterocycles. The van der Waals surface area contributed by atoms with Crippen molar-refractivity contribution in [2.45, 2.75) is 0 Å². The summed E-state index contributed by atoms with van der Waals surface area (Å²) in [6, 6.07) is 13.8. The van der Waals surface area contributed by atoms with Crippen LogP contribution in [-0.2, 0) is 0 Å². The molecule has 0 radical (unpaired) electrons. The zero-order chi connectivity index (χ0) is 17.0. The minimum atomic E-state index is 0.162. The number of aromatic amines is 1. The van der Waals surface area contributed by atoms with Crippen LogP contribution in [0.4, 0.5) is 0 Å². The molecule has 25 heavy (non-hydrogen) atoms. The highest BCUT2D eigenvalue weighted by Crippen LogP contribution is 2.43. The van der Waals surface area contributed by atoms with Gasteiger partial charge >= 0.3 is 0 Å². The first-order valence-electron chi connectivity index (χ1n) is 7.95. The predicted molar refractivity (Wildman–Crippen MR) is 95.6 cm³/mol. The van der Waals surface area contributed by atoms with Gasteiger partial charge in [0.1, 0.15) is 5.75 Å². The monoisotopic (exact) mass is 333 g/mol. The van der Waals surface area contributed by atoms with E-state index in [-0.39, 0.29) is 12.7 Å². The molecule has 0 atom stereocenters. The second-order valence-corrected chi connectivity index (χ2v) is 6.01. The number of hydrogen-bond acceptors (Lipinski definition) is 4. The summed E-state index contributed by atoms with van der Waals surface area (Å²) in [4.78, 5) is 2.91. The molecular formula is C20H15NO4. The van der Waals surface area contributed by atoms with Crippen molar-refractivity contribution in [3.05, 3.63) is 48.7 Å². The van der Waals surface area contributed by atoms with Gasteiger partial charge in [-0.2, -0.15) is 0 Å². The molecular weight excluding hydrogens is 318 g/mol. The van der Waals surface area contributed by atoms with Crippen LogP contribution in [0.15, 0.2) is 48.7 Å². The van der Waals surface area contributed by atoms with Gasteiger partial charge < -0.3 is 24.3 Å². The molecule has 4 aromatic rings. The van der Waals surface area contributed by atoms with Gasteiger partial charge in [-0.25, -0.2) is 0 Å². The van der Waals surface area contributed by atoms with E-state index in [0.29, 0.717) is 0 Å². The molecule has 5 nitrogen and oxygen atoms in total. The third-order valence-electron chi connectivity index (χ3n) is 4.66. The Morgan fingerprint density at radius 3 is 2.72 bits per heavy atom. The van der Waals surface area contributed by atoms with Gasteiger partial charge in [0.25, 0.3) is 0 Å². The van der Waals surface area contributed by atoms with E-state index >= 15 is 0 Å². The first kappa shape index (κ1) is 14.0. The van der Waals surface area contributed by atoms with Crippen LogP contribution in [0.2, 0.25) is 0 Å². The summed E-state index contributed by atoms with van der Waals surface area (Å²) in [5.41, 5.74) is 2.01. The fourth-order valence-electron chi connectivity index (χ4n) is 3.44. The Bertz CT molecular complexity index is 1130.